The number of H-pyrrole nitrogens is 2. The third-order valence-electron chi connectivity index (χ3n) is 7.05. The number of anilines is 1. The maximum atomic E-state index is 16.0. The summed E-state index contributed by atoms with van der Waals surface area (Å²) < 4.78 is 48.2. The third-order valence-corrected chi connectivity index (χ3v) is 10.1. The van der Waals surface area contributed by atoms with E-state index >= 15 is 4.39 Å². The van der Waals surface area contributed by atoms with Gasteiger partial charge in [0.25, 0.3) is 11.1 Å². The third kappa shape index (κ3) is 4.55. The van der Waals surface area contributed by atoms with Crippen LogP contribution < -0.4 is 16.9 Å². The molecule has 0 amide bonds. The molecule has 2 aliphatic heterocycles. The molecule has 42 heavy (non-hydrogen) atoms. The first-order chi connectivity index (χ1) is 19.9. The number of aromatic nitrogens is 8. The zero-order valence-electron chi connectivity index (χ0n) is 21.1. The number of nitrogens with zero attached hydrogens (tertiary/aromatic N) is 6. The van der Waals surface area contributed by atoms with E-state index in [1.54, 1.807) is 0 Å². The van der Waals surface area contributed by atoms with Crippen LogP contribution in [-0.4, -0.2) is 103 Å². The van der Waals surface area contributed by atoms with E-state index in [2.05, 4.69) is 42.2 Å². The summed E-state index contributed by atoms with van der Waals surface area (Å²) in [6.45, 7) is -6.36. The SMILES string of the molecule is Nc1nc2c(ncn2[C@]2(OP(=O)(S)OC[C@H]3OCC(F)(n4cnc5c(=O)[nH]cnc54)[C@@H]3O)CS[C@H](CO)[C@H]2O)c(=O)[nH]1. The van der Waals surface area contributed by atoms with Crippen molar-refractivity contribution in [1.82, 2.24) is 39.0 Å². The van der Waals surface area contributed by atoms with Crippen molar-refractivity contribution in [3.05, 3.63) is 39.7 Å². The smallest absolute Gasteiger partial charge is 0.388 e. The number of thioether (sulfide) groups is 1. The molecule has 2 aliphatic rings. The second-order valence-corrected chi connectivity index (χ2v) is 13.6. The molecule has 0 aromatic carbocycles. The summed E-state index contributed by atoms with van der Waals surface area (Å²) >= 11 is 5.11. The highest BCUT2D eigenvalue weighted by Crippen LogP contribution is 2.60. The molecule has 2 fully saturated rings. The van der Waals surface area contributed by atoms with Gasteiger partial charge in [-0.15, -0.1) is 11.8 Å². The maximum Gasteiger partial charge on any atom is 0.388 e. The number of hydrogen-bond donors (Lipinski definition) is 7. The number of aromatic amines is 2. The number of halogens is 1. The van der Waals surface area contributed by atoms with Gasteiger partial charge in [-0.1, -0.05) is 12.2 Å². The Labute approximate surface area is 242 Å². The average Bonchev–Trinajstić information content (AvgIpc) is 3.70. The molecule has 0 aliphatic carbocycles. The van der Waals surface area contributed by atoms with Crippen molar-refractivity contribution >= 4 is 59.1 Å². The van der Waals surface area contributed by atoms with Gasteiger partial charge in [0, 0.05) is 5.75 Å². The van der Waals surface area contributed by atoms with Crippen LogP contribution in [0.25, 0.3) is 22.3 Å². The number of nitrogens with two attached hydrogens (primary N) is 1. The van der Waals surface area contributed by atoms with E-state index in [0.29, 0.717) is 0 Å². The summed E-state index contributed by atoms with van der Waals surface area (Å²) in [4.78, 5) is 44.8. The highest BCUT2D eigenvalue weighted by molar-refractivity contribution is 8.44. The Bertz CT molecular complexity index is 1840. The van der Waals surface area contributed by atoms with E-state index in [0.717, 1.165) is 39.9 Å². The van der Waals surface area contributed by atoms with Crippen LogP contribution in [0.3, 0.4) is 0 Å². The van der Waals surface area contributed by atoms with E-state index in [1.165, 1.54) is 0 Å². The summed E-state index contributed by atoms with van der Waals surface area (Å²) in [7, 11) is 0. The van der Waals surface area contributed by atoms with Gasteiger partial charge in [0.15, 0.2) is 28.1 Å². The van der Waals surface area contributed by atoms with Gasteiger partial charge in [0.05, 0.1) is 31.1 Å². The first-order valence-electron chi connectivity index (χ1n) is 12.1. The fourth-order valence-electron chi connectivity index (χ4n) is 4.93. The van der Waals surface area contributed by atoms with Crippen LogP contribution in [-0.2, 0) is 29.9 Å². The number of aliphatic hydroxyl groups excluding tert-OH is 3. The second-order valence-electron chi connectivity index (χ2n) is 9.55. The fraction of sp³-hybridized carbons (Fsp3) is 0.500. The second kappa shape index (κ2) is 10.4. The van der Waals surface area contributed by atoms with Crippen LogP contribution in [0.15, 0.2) is 28.6 Å². The van der Waals surface area contributed by atoms with Gasteiger partial charge in [-0.2, -0.15) is 4.98 Å². The summed E-state index contributed by atoms with van der Waals surface area (Å²) in [5.41, 5.74) is 1.88. The van der Waals surface area contributed by atoms with E-state index in [9.17, 15) is 29.5 Å². The molecule has 2 saturated heterocycles. The molecule has 2 unspecified atom stereocenters. The summed E-state index contributed by atoms with van der Waals surface area (Å²) in [5, 5.41) is 31.0. The van der Waals surface area contributed by atoms with Crippen LogP contribution in [0, 0.1) is 0 Å². The zero-order chi connectivity index (χ0) is 30.0. The number of imidazole rings is 2. The van der Waals surface area contributed by atoms with Crippen molar-refractivity contribution in [3.8, 4) is 0 Å². The van der Waals surface area contributed by atoms with Gasteiger partial charge in [-0.05, 0) is 0 Å². The van der Waals surface area contributed by atoms with Crippen molar-refractivity contribution in [3.63, 3.8) is 0 Å². The van der Waals surface area contributed by atoms with Crippen molar-refractivity contribution in [1.29, 1.82) is 0 Å². The van der Waals surface area contributed by atoms with Gasteiger partial charge >= 0.3 is 6.80 Å². The summed E-state index contributed by atoms with van der Waals surface area (Å²) in [5.74, 6) is -3.00. The Morgan fingerprint density at radius 2 is 1.90 bits per heavy atom. The lowest BCUT2D eigenvalue weighted by Gasteiger charge is -2.36. The largest absolute Gasteiger partial charge is 0.395 e. The molecule has 0 saturated carbocycles. The summed E-state index contributed by atoms with van der Waals surface area (Å²) in [6, 6.07) is 0. The highest BCUT2D eigenvalue weighted by Gasteiger charge is 2.56. The maximum absolute atomic E-state index is 16.0. The fourth-order valence-corrected chi connectivity index (χ4v) is 8.02. The molecule has 6 rings (SSSR count). The molecule has 6 heterocycles. The van der Waals surface area contributed by atoms with Crippen LogP contribution >= 0.6 is 30.8 Å². The van der Waals surface area contributed by atoms with Crippen LogP contribution in [0.4, 0.5) is 10.3 Å². The molecule has 4 aromatic rings. The minimum atomic E-state index is -4.50. The molecule has 7 atom stereocenters. The number of rotatable bonds is 8. The first-order valence-corrected chi connectivity index (χ1v) is 15.9. The van der Waals surface area contributed by atoms with E-state index in [-0.39, 0.29) is 34.0 Å². The standard InChI is InChI=1S/C20H23FN9O9PS2/c21-19(29-6-25-10-14(29)23-5-24-16(10)34)3-37-8(12(19)32)2-38-40(36,41)39-20(4-42-9(1-31)13(20)33)30-7-26-11-15(30)27-18(22)28-17(11)35/h5-9,12-13,31-33H,1-4H2,(H,36,41)(H,23,24,34)(H3,22,27,28,35)/t8-,9-,12-,13-,19?,20+,40?/m1/s1. The van der Waals surface area contributed by atoms with Crippen molar-refractivity contribution < 1.29 is 38.1 Å². The lowest BCUT2D eigenvalue weighted by molar-refractivity contribution is -0.0961. The van der Waals surface area contributed by atoms with Crippen LogP contribution in [0.1, 0.15) is 0 Å². The molecule has 0 bridgehead atoms. The van der Waals surface area contributed by atoms with Crippen LogP contribution in [0.2, 0.25) is 0 Å². The predicted octanol–water partition coefficient (Wildman–Crippen LogP) is -1.59. The quantitative estimate of drug-likeness (QED) is 0.0840. The number of thiol groups is 1. The molecule has 0 radical (unpaired) electrons. The van der Waals surface area contributed by atoms with Crippen molar-refractivity contribution in [2.24, 2.45) is 0 Å². The Kier molecular flexibility index (Phi) is 7.22. The van der Waals surface area contributed by atoms with E-state index in [1.807, 2.05) is 0 Å². The molecule has 18 nitrogen and oxygen atoms in total. The first kappa shape index (κ1) is 29.2. The van der Waals surface area contributed by atoms with Gasteiger partial charge in [0.2, 0.25) is 11.7 Å². The number of alkyl halides is 1. The number of aliphatic hydroxyl groups is 3. The lowest BCUT2D eigenvalue weighted by atomic mass is 10.1. The van der Waals surface area contributed by atoms with Crippen molar-refractivity contribution in [2.75, 3.05) is 31.3 Å². The van der Waals surface area contributed by atoms with Gasteiger partial charge in [-0.3, -0.25) is 32.8 Å². The van der Waals surface area contributed by atoms with E-state index < -0.39 is 72.8 Å². The van der Waals surface area contributed by atoms with Gasteiger partial charge < -0.3 is 30.8 Å². The summed E-state index contributed by atoms with van der Waals surface area (Å²) in [6.07, 6.45) is -1.65. The van der Waals surface area contributed by atoms with Gasteiger partial charge in [0.1, 0.15) is 31.2 Å². The van der Waals surface area contributed by atoms with Crippen molar-refractivity contribution in [2.45, 2.75) is 35.1 Å². The molecule has 7 N–H and O–H groups in total. The Hall–Kier alpha value is -2.88. The minimum absolute atomic E-state index is 0.111. The normalized spacial score (nSPS) is 31.3. The highest BCUT2D eigenvalue weighted by atomic mass is 32.7. The number of ether oxygens (including phenoxy) is 1. The predicted molar refractivity (Wildman–Crippen MR) is 146 cm³/mol. The number of nitrogen functional groups attached to an aromatic ring is 1. The topological polar surface area (TPSA) is 259 Å². The number of nitrogens with one attached hydrogen (secondary N) is 2. The molecular formula is C20H23FN9O9PS2. The average molecular weight is 648 g/mol. The minimum Gasteiger partial charge on any atom is -0.395 e. The Morgan fingerprint density at radius 1 is 1.19 bits per heavy atom. The van der Waals surface area contributed by atoms with Gasteiger partial charge in [-0.25, -0.2) is 23.9 Å². The molecular weight excluding hydrogens is 624 g/mol. The lowest BCUT2D eigenvalue weighted by Crippen LogP contribution is -2.48. The number of fused-ring (bicyclic) bond motifs is 2. The van der Waals surface area contributed by atoms with Crippen LogP contribution in [0.5, 0.6) is 0 Å². The zero-order valence-corrected chi connectivity index (χ0v) is 23.7. The van der Waals surface area contributed by atoms with E-state index in [4.69, 9.17) is 19.5 Å². The Balaban J connectivity index is 1.26. The molecule has 0 spiro atoms. The Morgan fingerprint density at radius 3 is 2.62 bits per heavy atom. The number of hydrogen-bond acceptors (Lipinski definition) is 15. The monoisotopic (exact) mass is 647 g/mol. The molecule has 226 valence electrons. The molecule has 22 heteroatoms. The molecule has 4 aromatic heterocycles.